The van der Waals surface area contributed by atoms with E-state index in [2.05, 4.69) is 10.6 Å². The van der Waals surface area contributed by atoms with E-state index in [0.29, 0.717) is 41.0 Å². The molecule has 0 aromatic heterocycles. The molecule has 0 aliphatic heterocycles. The summed E-state index contributed by atoms with van der Waals surface area (Å²) in [5.74, 6) is -1.38. The first-order valence-electron chi connectivity index (χ1n) is 20.9. The number of amides is 2. The number of carbonyl (C=O) groups is 4. The Morgan fingerprint density at radius 1 is 0.633 bits per heavy atom. The number of aliphatic carboxylic acids is 1. The molecule has 4 aliphatic carbocycles. The van der Waals surface area contributed by atoms with E-state index in [0.717, 1.165) is 71.9 Å². The van der Waals surface area contributed by atoms with E-state index in [4.69, 9.17) is 14.2 Å². The van der Waals surface area contributed by atoms with Crippen LogP contribution in [0, 0.1) is 13.8 Å². The van der Waals surface area contributed by atoms with Crippen molar-refractivity contribution in [2.24, 2.45) is 0 Å². The fourth-order valence-electron chi connectivity index (χ4n) is 8.49. The van der Waals surface area contributed by atoms with Crippen LogP contribution >= 0.6 is 0 Å². The first-order chi connectivity index (χ1) is 28.9. The van der Waals surface area contributed by atoms with E-state index < -0.39 is 34.8 Å². The van der Waals surface area contributed by atoms with E-state index in [1.165, 1.54) is 0 Å². The molecule has 316 valence electrons. The summed E-state index contributed by atoms with van der Waals surface area (Å²) in [7, 11) is 0. The maximum absolute atomic E-state index is 13.5. The maximum atomic E-state index is 13.5. The second-order valence-corrected chi connectivity index (χ2v) is 16.6. The van der Waals surface area contributed by atoms with Gasteiger partial charge in [-0.25, -0.2) is 9.59 Å². The molecule has 0 unspecified atom stereocenters. The van der Waals surface area contributed by atoms with Gasteiger partial charge in [-0.2, -0.15) is 0 Å². The average Bonchev–Trinajstić information content (AvgIpc) is 3.77. The number of aliphatic hydroxyl groups is 2. The highest BCUT2D eigenvalue weighted by molar-refractivity contribution is 6.02. The SMILES string of the molecule is CCOC(=O)C1(NC(=O)c2cc(CO)cc(C)c2OC2CCC2)Cc2ccccc2C1.Cc1cc(CO)cc(C(=O)NC2(C(=O)O)Cc3ccccc3C2)c1OC1CCC1. The van der Waals surface area contributed by atoms with Gasteiger partial charge in [0.2, 0.25) is 0 Å². The first kappa shape index (κ1) is 42.4. The molecule has 0 bridgehead atoms. The first-order valence-corrected chi connectivity index (χ1v) is 20.9. The summed E-state index contributed by atoms with van der Waals surface area (Å²) in [5, 5.41) is 35.0. The van der Waals surface area contributed by atoms with Crippen LogP contribution in [-0.4, -0.2) is 69.0 Å². The number of aliphatic hydroxyl groups excluding tert-OH is 2. The van der Waals surface area contributed by atoms with Gasteiger partial charge in [0.25, 0.3) is 11.8 Å². The van der Waals surface area contributed by atoms with Crippen molar-refractivity contribution in [1.82, 2.24) is 10.6 Å². The largest absolute Gasteiger partial charge is 0.489 e. The zero-order chi connectivity index (χ0) is 42.6. The van der Waals surface area contributed by atoms with Crippen LogP contribution in [0.1, 0.15) is 111 Å². The van der Waals surface area contributed by atoms with Gasteiger partial charge in [0.05, 0.1) is 43.2 Å². The third kappa shape index (κ3) is 8.76. The van der Waals surface area contributed by atoms with Crippen LogP contribution in [0.3, 0.4) is 0 Å². The smallest absolute Gasteiger partial charge is 0.332 e. The molecule has 2 amide bonds. The minimum Gasteiger partial charge on any atom is -0.489 e. The lowest BCUT2D eigenvalue weighted by atomic mass is 9.93. The molecule has 60 heavy (non-hydrogen) atoms. The summed E-state index contributed by atoms with van der Waals surface area (Å²) in [6.07, 6.45) is 7.43. The molecular formula is C48H54N2O10. The van der Waals surface area contributed by atoms with Crippen LogP contribution < -0.4 is 20.1 Å². The van der Waals surface area contributed by atoms with Crippen molar-refractivity contribution in [3.63, 3.8) is 0 Å². The molecule has 12 heteroatoms. The van der Waals surface area contributed by atoms with Crippen molar-refractivity contribution < 1.29 is 48.7 Å². The van der Waals surface area contributed by atoms with Crippen molar-refractivity contribution in [2.75, 3.05) is 6.61 Å². The van der Waals surface area contributed by atoms with E-state index >= 15 is 0 Å². The Kier molecular flexibility index (Phi) is 12.6. The number of esters is 1. The lowest BCUT2D eigenvalue weighted by Crippen LogP contribution is -2.56. The Bertz CT molecular complexity index is 2230. The molecule has 8 rings (SSSR count). The molecule has 0 radical (unpaired) electrons. The van der Waals surface area contributed by atoms with Gasteiger partial charge < -0.3 is 40.2 Å². The number of fused-ring (bicyclic) bond motifs is 2. The summed E-state index contributed by atoms with van der Waals surface area (Å²) in [6.45, 7) is 5.31. The van der Waals surface area contributed by atoms with Gasteiger partial charge in [-0.1, -0.05) is 60.7 Å². The molecule has 0 atom stereocenters. The van der Waals surface area contributed by atoms with E-state index in [-0.39, 0.29) is 50.4 Å². The highest BCUT2D eigenvalue weighted by Gasteiger charge is 2.48. The Morgan fingerprint density at radius 3 is 1.35 bits per heavy atom. The number of rotatable bonds is 13. The molecule has 0 saturated heterocycles. The Labute approximate surface area is 350 Å². The Morgan fingerprint density at radius 2 is 1.02 bits per heavy atom. The summed E-state index contributed by atoms with van der Waals surface area (Å²) >= 11 is 0. The molecule has 0 spiro atoms. The minimum absolute atomic E-state index is 0.0735. The van der Waals surface area contributed by atoms with Crippen LogP contribution in [0.2, 0.25) is 0 Å². The van der Waals surface area contributed by atoms with E-state index in [1.807, 2.05) is 68.4 Å². The zero-order valence-electron chi connectivity index (χ0n) is 34.5. The molecule has 0 heterocycles. The monoisotopic (exact) mass is 818 g/mol. The van der Waals surface area contributed by atoms with Crippen molar-refractivity contribution in [1.29, 1.82) is 0 Å². The topological polar surface area (TPSA) is 181 Å². The number of carboxylic acids is 1. The summed E-state index contributed by atoms with van der Waals surface area (Å²) in [5.41, 5.74) is 4.76. The van der Waals surface area contributed by atoms with Gasteiger partial charge >= 0.3 is 11.9 Å². The predicted octanol–water partition coefficient (Wildman–Crippen LogP) is 6.02. The number of ether oxygens (including phenoxy) is 3. The second-order valence-electron chi connectivity index (χ2n) is 16.6. The predicted molar refractivity (Wildman–Crippen MR) is 223 cm³/mol. The molecule has 12 nitrogen and oxygen atoms in total. The van der Waals surface area contributed by atoms with Crippen LogP contribution in [0.15, 0.2) is 72.8 Å². The van der Waals surface area contributed by atoms with Crippen molar-refractivity contribution in [3.05, 3.63) is 128 Å². The number of hydrogen-bond donors (Lipinski definition) is 5. The van der Waals surface area contributed by atoms with Gasteiger partial charge in [-0.05, 0) is 116 Å². The van der Waals surface area contributed by atoms with Crippen molar-refractivity contribution >= 4 is 23.8 Å². The fraction of sp³-hybridized carbons (Fsp3) is 0.417. The van der Waals surface area contributed by atoms with Gasteiger partial charge in [0.15, 0.2) is 0 Å². The number of benzene rings is 4. The number of aryl methyl sites for hydroxylation is 2. The molecule has 5 N–H and O–H groups in total. The van der Waals surface area contributed by atoms with Crippen LogP contribution in [0.25, 0.3) is 0 Å². The maximum Gasteiger partial charge on any atom is 0.332 e. The number of carbonyl (C=O) groups excluding carboxylic acids is 3. The van der Waals surface area contributed by atoms with Crippen LogP contribution in [0.5, 0.6) is 11.5 Å². The zero-order valence-corrected chi connectivity index (χ0v) is 34.5. The number of carboxylic acid groups (broad SMARTS) is 1. The molecular weight excluding hydrogens is 765 g/mol. The quantitative estimate of drug-likeness (QED) is 0.100. The molecule has 4 aromatic rings. The standard InChI is InChI=1S/C25H29NO5.C23H25NO5/c1-3-30-24(29)25(13-18-7-4-5-8-19(18)14-25)26-23(28)21-12-17(15-27)11-16(2)22(21)31-20-9-6-10-20;1-14-9-15(13-25)10-19(20(14)29-18-7-4-8-18)21(26)24-23(22(27)28)11-16-5-2-3-6-17(16)12-23/h4-5,7-8,11-12,20,27H,3,6,9-10,13-15H2,1-2H3,(H,26,28);2-3,5-6,9-10,18,25H,4,7-8,11-13H2,1H3,(H,24,26)(H,27,28). The Hall–Kier alpha value is -5.72. The highest BCUT2D eigenvalue weighted by atomic mass is 16.5. The van der Waals surface area contributed by atoms with Gasteiger partial charge in [-0.3, -0.25) is 9.59 Å². The van der Waals surface area contributed by atoms with Crippen LogP contribution in [-0.2, 0) is 53.2 Å². The number of hydrogen-bond acceptors (Lipinski definition) is 9. The lowest BCUT2D eigenvalue weighted by Gasteiger charge is -2.30. The summed E-state index contributed by atoms with van der Waals surface area (Å²) in [4.78, 5) is 52.0. The van der Waals surface area contributed by atoms with Gasteiger partial charge in [0.1, 0.15) is 22.6 Å². The third-order valence-corrected chi connectivity index (χ3v) is 12.2. The normalized spacial score (nSPS) is 17.1. The average molecular weight is 819 g/mol. The van der Waals surface area contributed by atoms with E-state index in [1.54, 1.807) is 25.1 Å². The molecule has 4 aliphatic rings. The summed E-state index contributed by atoms with van der Waals surface area (Å²) in [6, 6.07) is 22.2. The third-order valence-electron chi connectivity index (χ3n) is 12.2. The van der Waals surface area contributed by atoms with Gasteiger partial charge in [0, 0.05) is 25.7 Å². The minimum atomic E-state index is -1.39. The number of nitrogens with one attached hydrogen (secondary N) is 2. The van der Waals surface area contributed by atoms with Gasteiger partial charge in [-0.15, -0.1) is 0 Å². The molecule has 2 saturated carbocycles. The highest BCUT2D eigenvalue weighted by Crippen LogP contribution is 2.37. The summed E-state index contributed by atoms with van der Waals surface area (Å²) < 4.78 is 17.6. The lowest BCUT2D eigenvalue weighted by molar-refractivity contribution is -0.150. The van der Waals surface area contributed by atoms with Crippen molar-refractivity contribution in [2.45, 2.75) is 121 Å². The molecule has 2 fully saturated rings. The second kappa shape index (κ2) is 17.9. The Balaban J connectivity index is 0.000000182. The van der Waals surface area contributed by atoms with Crippen molar-refractivity contribution in [3.8, 4) is 11.5 Å². The van der Waals surface area contributed by atoms with Crippen LogP contribution in [0.4, 0.5) is 0 Å². The molecule has 4 aromatic carbocycles. The fourth-order valence-corrected chi connectivity index (χ4v) is 8.49. The van der Waals surface area contributed by atoms with E-state index in [9.17, 15) is 34.5 Å².